The Labute approximate surface area is 176 Å². The Bertz CT molecular complexity index is 1170. The Morgan fingerprint density at radius 1 is 1.25 bits per heavy atom. The molecule has 1 saturated heterocycles. The number of aliphatic hydroxyl groups excluding tert-OH is 1. The average molecular weight is 523 g/mol. The van der Waals surface area contributed by atoms with E-state index in [1.807, 2.05) is 0 Å². The van der Waals surface area contributed by atoms with Gasteiger partial charge in [-0.05, 0) is 6.92 Å². The standard InChI is InChI=1S/C11H16N3O15P3/c1-3-11(18)8(16)7(26-9(11)14-10(17)13-6(15)4-12-14)5(2)27-31(22,23)29-32(24,25)28-30(19,20)21/h1,4-5,7-9,16,18H,2H3,(H,22,23)(H,24,25)(H,13,15,17)(H2,19,20,21)/t5-,7-,8+,9-,11?/m1/s1. The average Bonchev–Trinajstić information content (AvgIpc) is 2.84. The van der Waals surface area contributed by atoms with Crippen LogP contribution in [0.1, 0.15) is 13.2 Å². The van der Waals surface area contributed by atoms with E-state index in [1.54, 1.807) is 10.9 Å². The first kappa shape index (κ1) is 26.7. The maximum atomic E-state index is 12.0. The quantitative estimate of drug-likeness (QED) is 0.135. The summed E-state index contributed by atoms with van der Waals surface area (Å²) in [6.07, 6.45) is -1.84. The van der Waals surface area contributed by atoms with Crippen LogP contribution in [0.2, 0.25) is 0 Å². The van der Waals surface area contributed by atoms with Gasteiger partial charge in [0.2, 0.25) is 5.60 Å². The lowest BCUT2D eigenvalue weighted by molar-refractivity contribution is -0.0933. The Kier molecular flexibility index (Phi) is 7.52. The Morgan fingerprint density at radius 3 is 2.34 bits per heavy atom. The number of aromatic nitrogens is 3. The Balaban J connectivity index is 2.28. The summed E-state index contributed by atoms with van der Waals surface area (Å²) < 4.78 is 51.2. The molecule has 1 aromatic rings. The van der Waals surface area contributed by atoms with Crippen LogP contribution in [-0.2, 0) is 31.6 Å². The highest BCUT2D eigenvalue weighted by molar-refractivity contribution is 7.66. The third-order valence-electron chi connectivity index (χ3n) is 3.79. The van der Waals surface area contributed by atoms with Crippen LogP contribution in [0.4, 0.5) is 0 Å². The van der Waals surface area contributed by atoms with Crippen LogP contribution in [-0.4, -0.2) is 68.5 Å². The normalized spacial score (nSPS) is 30.8. The smallest absolute Gasteiger partial charge is 0.386 e. The summed E-state index contributed by atoms with van der Waals surface area (Å²) in [6.45, 7) is 0.939. The fourth-order valence-corrected chi connectivity index (χ4v) is 5.79. The minimum absolute atomic E-state index is 0.363. The molecule has 0 aliphatic carbocycles. The molecule has 2 rings (SSSR count). The highest BCUT2D eigenvalue weighted by Crippen LogP contribution is 2.66. The van der Waals surface area contributed by atoms with Crippen LogP contribution in [0.5, 0.6) is 0 Å². The number of H-pyrrole nitrogens is 1. The molecule has 18 nitrogen and oxygen atoms in total. The minimum atomic E-state index is -5.82. The number of aliphatic hydroxyl groups is 2. The van der Waals surface area contributed by atoms with Gasteiger partial charge < -0.3 is 34.5 Å². The van der Waals surface area contributed by atoms with Gasteiger partial charge in [0.15, 0.2) is 6.23 Å². The number of hydrogen-bond acceptors (Lipinski definition) is 12. The molecule has 0 spiro atoms. The zero-order chi connectivity index (χ0) is 24.7. The second kappa shape index (κ2) is 9.01. The topological polar surface area (TPSA) is 277 Å². The molecule has 3 unspecified atom stereocenters. The van der Waals surface area contributed by atoms with Crippen molar-refractivity contribution in [3.63, 3.8) is 0 Å². The molecule has 1 aromatic heterocycles. The SMILES string of the molecule is C#CC1(O)[C@@H](O)[C@@H]([C@@H](C)OP(=O)(O)OP(=O)(O)OP(=O)(O)O)O[C@H]1n1ncc(=O)[nH]c1=O. The van der Waals surface area contributed by atoms with E-state index in [1.165, 1.54) is 0 Å². The molecule has 0 amide bonds. The lowest BCUT2D eigenvalue weighted by Crippen LogP contribution is -2.49. The van der Waals surface area contributed by atoms with Crippen molar-refractivity contribution in [2.24, 2.45) is 0 Å². The molecule has 0 radical (unpaired) electrons. The first-order valence-corrected chi connectivity index (χ1v) is 12.5. The van der Waals surface area contributed by atoms with E-state index in [0.29, 0.717) is 10.9 Å². The van der Waals surface area contributed by atoms with Gasteiger partial charge in [0.1, 0.15) is 18.4 Å². The van der Waals surface area contributed by atoms with E-state index in [2.05, 4.69) is 18.2 Å². The molecule has 7 atom stereocenters. The molecule has 1 fully saturated rings. The Hall–Kier alpha value is -1.54. The van der Waals surface area contributed by atoms with E-state index in [-0.39, 0.29) is 0 Å². The van der Waals surface area contributed by atoms with Crippen LogP contribution in [0, 0.1) is 12.3 Å². The van der Waals surface area contributed by atoms with Gasteiger partial charge in [-0.2, -0.15) is 18.4 Å². The van der Waals surface area contributed by atoms with Crippen molar-refractivity contribution < 1.29 is 61.4 Å². The molecule has 7 N–H and O–H groups in total. The predicted octanol–water partition coefficient (Wildman–Crippen LogP) is -2.71. The molecule has 21 heteroatoms. The molecule has 0 bridgehead atoms. The molecule has 1 aliphatic heterocycles. The number of phosphoric acid groups is 3. The zero-order valence-electron chi connectivity index (χ0n) is 15.6. The van der Waals surface area contributed by atoms with E-state index in [9.17, 15) is 38.4 Å². The molecular formula is C11H16N3O15P3. The summed E-state index contributed by atoms with van der Waals surface area (Å²) in [5.41, 5.74) is -4.80. The predicted molar refractivity (Wildman–Crippen MR) is 97.2 cm³/mol. The summed E-state index contributed by atoms with van der Waals surface area (Å²) in [5.74, 6) is 1.77. The van der Waals surface area contributed by atoms with Crippen molar-refractivity contribution in [2.75, 3.05) is 0 Å². The van der Waals surface area contributed by atoms with Gasteiger partial charge in [-0.3, -0.25) is 14.3 Å². The Morgan fingerprint density at radius 2 is 1.84 bits per heavy atom. The number of nitrogens with one attached hydrogen (secondary N) is 1. The summed E-state index contributed by atoms with van der Waals surface area (Å²) in [4.78, 5) is 60.7. The number of terminal acetylenes is 1. The van der Waals surface area contributed by atoms with Crippen LogP contribution < -0.4 is 11.2 Å². The van der Waals surface area contributed by atoms with Crippen molar-refractivity contribution in [2.45, 2.75) is 37.1 Å². The van der Waals surface area contributed by atoms with Gasteiger partial charge in [0, 0.05) is 0 Å². The summed E-state index contributed by atoms with van der Waals surface area (Å²) in [5, 5.41) is 24.4. The van der Waals surface area contributed by atoms with Crippen molar-refractivity contribution >= 4 is 23.5 Å². The molecule has 180 valence electrons. The fraction of sp³-hybridized carbons (Fsp3) is 0.545. The molecule has 0 aromatic carbocycles. The van der Waals surface area contributed by atoms with Gasteiger partial charge >= 0.3 is 29.2 Å². The third kappa shape index (κ3) is 6.07. The number of ether oxygens (including phenoxy) is 1. The number of phosphoric ester groups is 1. The van der Waals surface area contributed by atoms with Gasteiger partial charge in [0.25, 0.3) is 5.56 Å². The van der Waals surface area contributed by atoms with Crippen LogP contribution in [0.3, 0.4) is 0 Å². The second-order valence-corrected chi connectivity index (χ2v) is 10.5. The largest absolute Gasteiger partial charge is 0.490 e. The van der Waals surface area contributed by atoms with E-state index < -0.39 is 64.9 Å². The summed E-state index contributed by atoms with van der Waals surface area (Å²) in [6, 6.07) is 0. The number of hydrogen-bond donors (Lipinski definition) is 7. The summed E-state index contributed by atoms with van der Waals surface area (Å²) >= 11 is 0. The van der Waals surface area contributed by atoms with Crippen LogP contribution in [0.15, 0.2) is 15.8 Å². The lowest BCUT2D eigenvalue weighted by Gasteiger charge is -2.26. The second-order valence-electron chi connectivity index (χ2n) is 6.15. The molecule has 2 heterocycles. The molecule has 32 heavy (non-hydrogen) atoms. The monoisotopic (exact) mass is 523 g/mol. The number of aromatic amines is 1. The van der Waals surface area contributed by atoms with Gasteiger partial charge in [-0.25, -0.2) is 18.5 Å². The van der Waals surface area contributed by atoms with Crippen molar-refractivity contribution in [1.29, 1.82) is 0 Å². The molecule has 0 saturated carbocycles. The maximum absolute atomic E-state index is 12.0. The first-order chi connectivity index (χ1) is 14.4. The van der Waals surface area contributed by atoms with Gasteiger partial charge in [-0.15, -0.1) is 6.42 Å². The van der Waals surface area contributed by atoms with Crippen LogP contribution in [0.25, 0.3) is 0 Å². The highest BCUT2D eigenvalue weighted by Gasteiger charge is 2.59. The highest BCUT2D eigenvalue weighted by atomic mass is 31.3. The molecular weight excluding hydrogens is 507 g/mol. The van der Waals surface area contributed by atoms with Gasteiger partial charge in [-0.1, -0.05) is 5.92 Å². The van der Waals surface area contributed by atoms with Gasteiger partial charge in [0.05, 0.1) is 6.10 Å². The summed E-state index contributed by atoms with van der Waals surface area (Å²) in [7, 11) is -17.1. The first-order valence-electron chi connectivity index (χ1n) is 7.95. The minimum Gasteiger partial charge on any atom is -0.386 e. The number of nitrogens with zero attached hydrogens (tertiary/aromatic N) is 2. The lowest BCUT2D eigenvalue weighted by atomic mass is 9.93. The van der Waals surface area contributed by atoms with Crippen LogP contribution >= 0.6 is 23.5 Å². The fourth-order valence-electron chi connectivity index (χ4n) is 2.59. The number of rotatable bonds is 8. The van der Waals surface area contributed by atoms with E-state index in [4.69, 9.17) is 25.8 Å². The molecule has 1 aliphatic rings. The van der Waals surface area contributed by atoms with E-state index in [0.717, 1.165) is 6.92 Å². The van der Waals surface area contributed by atoms with Crippen molar-refractivity contribution in [3.8, 4) is 12.3 Å². The van der Waals surface area contributed by atoms with E-state index >= 15 is 0 Å². The van der Waals surface area contributed by atoms with Crippen molar-refractivity contribution in [3.05, 3.63) is 27.0 Å². The maximum Gasteiger partial charge on any atom is 0.490 e. The zero-order valence-corrected chi connectivity index (χ0v) is 18.2. The third-order valence-corrected chi connectivity index (χ3v) is 7.72. The van der Waals surface area contributed by atoms with Crippen molar-refractivity contribution in [1.82, 2.24) is 14.8 Å².